The van der Waals surface area contributed by atoms with Crippen LogP contribution >= 0.6 is 0 Å². The first kappa shape index (κ1) is 24.5. The van der Waals surface area contributed by atoms with Crippen LogP contribution in [0.3, 0.4) is 0 Å². The molecule has 0 aliphatic rings. The van der Waals surface area contributed by atoms with E-state index < -0.39 is 0 Å². The minimum absolute atomic E-state index is 1.16. The minimum atomic E-state index is 1.16. The second kappa shape index (κ2) is 23.5. The molecule has 0 saturated carbocycles. The summed E-state index contributed by atoms with van der Waals surface area (Å²) >= 11 is 0. The Morgan fingerprint density at radius 2 is 0.720 bits per heavy atom. The molecule has 0 aliphatic heterocycles. The average molecular weight is 352 g/mol. The maximum Gasteiger partial charge on any atom is -0.0103 e. The Labute approximate surface area is 160 Å². The third-order valence-electron chi connectivity index (χ3n) is 5.36. The number of rotatable bonds is 21. The summed E-state index contributed by atoms with van der Waals surface area (Å²) in [6, 6.07) is 0. The lowest BCUT2D eigenvalue weighted by Gasteiger charge is -2.04. The van der Waals surface area contributed by atoms with Crippen molar-refractivity contribution in [3.63, 3.8) is 0 Å². The summed E-state index contributed by atoms with van der Waals surface area (Å²) in [5, 5.41) is 0. The van der Waals surface area contributed by atoms with Crippen LogP contribution < -0.4 is 5.73 Å². The SMILES string of the molecule is CCCCCCCCCCCCCCCCCCCCCCC=CN. The number of hydrogen-bond donors (Lipinski definition) is 1. The van der Waals surface area contributed by atoms with Crippen molar-refractivity contribution in [2.75, 3.05) is 0 Å². The normalized spacial score (nSPS) is 11.6. The van der Waals surface area contributed by atoms with Crippen LogP contribution in [0.2, 0.25) is 0 Å². The van der Waals surface area contributed by atoms with Crippen molar-refractivity contribution in [1.29, 1.82) is 0 Å². The van der Waals surface area contributed by atoms with E-state index in [9.17, 15) is 0 Å². The quantitative estimate of drug-likeness (QED) is 0.206. The predicted molar refractivity (Wildman–Crippen MR) is 116 cm³/mol. The molecule has 0 unspecified atom stereocenters. The van der Waals surface area contributed by atoms with E-state index in [0.717, 1.165) is 6.42 Å². The van der Waals surface area contributed by atoms with Gasteiger partial charge in [0.05, 0.1) is 0 Å². The molecule has 1 heteroatoms. The lowest BCUT2D eigenvalue weighted by atomic mass is 10.0. The number of hydrogen-bond acceptors (Lipinski definition) is 1. The van der Waals surface area contributed by atoms with Crippen LogP contribution in [0.4, 0.5) is 0 Å². The maximum absolute atomic E-state index is 5.33. The van der Waals surface area contributed by atoms with Crippen LogP contribution in [0.15, 0.2) is 12.3 Å². The highest BCUT2D eigenvalue weighted by molar-refractivity contribution is 4.74. The second-order valence-corrected chi connectivity index (χ2v) is 7.93. The molecule has 0 aromatic heterocycles. The summed E-state index contributed by atoms with van der Waals surface area (Å²) in [5.41, 5.74) is 5.33. The van der Waals surface area contributed by atoms with Crippen LogP contribution in [0.1, 0.15) is 142 Å². The molecule has 25 heavy (non-hydrogen) atoms. The van der Waals surface area contributed by atoms with Gasteiger partial charge in [-0.3, -0.25) is 0 Å². The van der Waals surface area contributed by atoms with Crippen LogP contribution in [0.25, 0.3) is 0 Å². The number of unbranched alkanes of at least 4 members (excludes halogenated alkanes) is 20. The van der Waals surface area contributed by atoms with Crippen molar-refractivity contribution in [3.8, 4) is 0 Å². The molecule has 0 fully saturated rings. The zero-order chi connectivity index (χ0) is 18.3. The highest BCUT2D eigenvalue weighted by Crippen LogP contribution is 2.14. The van der Waals surface area contributed by atoms with E-state index in [4.69, 9.17) is 5.73 Å². The first-order chi connectivity index (χ1) is 12.4. The molecule has 0 rings (SSSR count). The lowest BCUT2D eigenvalue weighted by molar-refractivity contribution is 0.522. The summed E-state index contributed by atoms with van der Waals surface area (Å²) in [6.45, 7) is 2.30. The van der Waals surface area contributed by atoms with E-state index in [-0.39, 0.29) is 0 Å². The highest BCUT2D eigenvalue weighted by atomic mass is 14.5. The Kier molecular flexibility index (Phi) is 23.1. The van der Waals surface area contributed by atoms with Crippen molar-refractivity contribution in [1.82, 2.24) is 0 Å². The van der Waals surface area contributed by atoms with E-state index in [1.54, 1.807) is 6.20 Å². The summed E-state index contributed by atoms with van der Waals surface area (Å²) < 4.78 is 0. The summed E-state index contributed by atoms with van der Waals surface area (Å²) in [6.07, 6.45) is 33.9. The molecule has 0 atom stereocenters. The minimum Gasteiger partial charge on any atom is -0.405 e. The molecule has 0 aromatic carbocycles. The number of nitrogens with two attached hydrogens (primary N) is 1. The van der Waals surface area contributed by atoms with Gasteiger partial charge in [-0.1, -0.05) is 135 Å². The van der Waals surface area contributed by atoms with E-state index in [1.165, 1.54) is 128 Å². The Hall–Kier alpha value is -0.460. The van der Waals surface area contributed by atoms with E-state index in [0.29, 0.717) is 0 Å². The molecule has 0 saturated heterocycles. The Morgan fingerprint density at radius 1 is 0.440 bits per heavy atom. The van der Waals surface area contributed by atoms with Crippen molar-refractivity contribution in [2.45, 2.75) is 142 Å². The van der Waals surface area contributed by atoms with Gasteiger partial charge in [0.2, 0.25) is 0 Å². The van der Waals surface area contributed by atoms with Gasteiger partial charge >= 0.3 is 0 Å². The van der Waals surface area contributed by atoms with Gasteiger partial charge in [0.1, 0.15) is 0 Å². The molecule has 0 radical (unpaired) electrons. The molecule has 1 nitrogen and oxygen atoms in total. The molecule has 0 bridgehead atoms. The van der Waals surface area contributed by atoms with Crippen LogP contribution in [-0.4, -0.2) is 0 Å². The van der Waals surface area contributed by atoms with Gasteiger partial charge in [0.15, 0.2) is 0 Å². The number of allylic oxidation sites excluding steroid dienone is 1. The third kappa shape index (κ3) is 23.5. The van der Waals surface area contributed by atoms with Gasteiger partial charge in [-0.05, 0) is 19.0 Å². The van der Waals surface area contributed by atoms with E-state index in [2.05, 4.69) is 13.0 Å². The fourth-order valence-electron chi connectivity index (χ4n) is 3.61. The fourth-order valence-corrected chi connectivity index (χ4v) is 3.61. The van der Waals surface area contributed by atoms with Gasteiger partial charge < -0.3 is 5.73 Å². The predicted octanol–water partition coefficient (Wildman–Crippen LogP) is 8.67. The van der Waals surface area contributed by atoms with Crippen molar-refractivity contribution in [3.05, 3.63) is 12.3 Å². The second-order valence-electron chi connectivity index (χ2n) is 7.93. The zero-order valence-electron chi connectivity index (χ0n) is 17.6. The van der Waals surface area contributed by atoms with Crippen LogP contribution in [0.5, 0.6) is 0 Å². The molecule has 0 spiro atoms. The lowest BCUT2D eigenvalue weighted by Crippen LogP contribution is -1.84. The van der Waals surface area contributed by atoms with Gasteiger partial charge in [0.25, 0.3) is 0 Å². The van der Waals surface area contributed by atoms with Gasteiger partial charge in [-0.25, -0.2) is 0 Å². The topological polar surface area (TPSA) is 26.0 Å². The molecule has 0 amide bonds. The zero-order valence-corrected chi connectivity index (χ0v) is 17.6. The Balaban J connectivity index is 2.96. The first-order valence-corrected chi connectivity index (χ1v) is 11.8. The van der Waals surface area contributed by atoms with E-state index in [1.807, 2.05) is 0 Å². The summed E-state index contributed by atoms with van der Waals surface area (Å²) in [5.74, 6) is 0. The Morgan fingerprint density at radius 3 is 1.00 bits per heavy atom. The maximum atomic E-state index is 5.33. The standard InChI is InChI=1S/C24H49N/c1-2-3-4-5-6-7-8-9-10-11-12-13-14-15-16-17-18-19-20-21-22-23-24-25/h23-24H,2-22,25H2,1H3. The Bertz CT molecular complexity index is 246. The molecule has 0 aromatic rings. The molecular formula is C24H49N. The van der Waals surface area contributed by atoms with Crippen molar-refractivity contribution < 1.29 is 0 Å². The van der Waals surface area contributed by atoms with Gasteiger partial charge in [-0.15, -0.1) is 0 Å². The average Bonchev–Trinajstić information content (AvgIpc) is 2.63. The summed E-state index contributed by atoms with van der Waals surface area (Å²) in [7, 11) is 0. The molecule has 0 aliphatic carbocycles. The largest absolute Gasteiger partial charge is 0.405 e. The van der Waals surface area contributed by atoms with Crippen LogP contribution in [0, 0.1) is 0 Å². The first-order valence-electron chi connectivity index (χ1n) is 11.8. The van der Waals surface area contributed by atoms with Gasteiger partial charge in [0, 0.05) is 0 Å². The molecule has 2 N–H and O–H groups in total. The monoisotopic (exact) mass is 351 g/mol. The van der Waals surface area contributed by atoms with E-state index >= 15 is 0 Å². The highest BCUT2D eigenvalue weighted by Gasteiger charge is 1.95. The fraction of sp³-hybridized carbons (Fsp3) is 0.917. The van der Waals surface area contributed by atoms with Crippen molar-refractivity contribution >= 4 is 0 Å². The summed E-state index contributed by atoms with van der Waals surface area (Å²) in [4.78, 5) is 0. The van der Waals surface area contributed by atoms with Gasteiger partial charge in [-0.2, -0.15) is 0 Å². The molecular weight excluding hydrogens is 302 g/mol. The van der Waals surface area contributed by atoms with Crippen molar-refractivity contribution in [2.24, 2.45) is 5.73 Å². The third-order valence-corrected chi connectivity index (χ3v) is 5.36. The molecule has 150 valence electrons. The van der Waals surface area contributed by atoms with Crippen LogP contribution in [-0.2, 0) is 0 Å². The smallest absolute Gasteiger partial charge is 0.0103 e. The molecule has 0 heterocycles.